The summed E-state index contributed by atoms with van der Waals surface area (Å²) in [6.07, 6.45) is 2.84. The molecule has 0 amide bonds. The summed E-state index contributed by atoms with van der Waals surface area (Å²) < 4.78 is 0. The Balaban J connectivity index is 0.000000324. The molecule has 0 saturated heterocycles. The molecule has 19 heavy (non-hydrogen) atoms. The van der Waals surface area contributed by atoms with Crippen LogP contribution in [0.1, 0.15) is 20.7 Å². The maximum absolute atomic E-state index is 10.2. The van der Waals surface area contributed by atoms with E-state index < -0.39 is 11.9 Å². The number of carbonyl (C=O) groups excluding carboxylic acids is 1. The van der Waals surface area contributed by atoms with Gasteiger partial charge in [0.2, 0.25) is 0 Å². The average molecular weight is 251 g/mol. The molecule has 1 aromatic carbocycles. The molecule has 1 heterocycles. The number of aromatic nitrogens is 1. The molecule has 0 unspecified atom stereocenters. The van der Waals surface area contributed by atoms with E-state index in [1.807, 2.05) is 0 Å². The molecule has 0 aliphatic rings. The summed E-state index contributed by atoms with van der Waals surface area (Å²) in [4.78, 5) is 23.9. The fraction of sp³-hybridized carbons (Fsp3) is 0. The molecule has 0 bridgehead atoms. The number of hydrogen-bond donors (Lipinski definition) is 1. The normalized spacial score (nSPS) is 8.42. The number of carboxylic acids is 2. The maximum Gasteiger partial charge on any atom is 1.00 e. The zero-order chi connectivity index (χ0) is 13.4. The minimum atomic E-state index is -1.13. The molecule has 0 saturated carbocycles. The quantitative estimate of drug-likeness (QED) is 0.614. The van der Waals surface area contributed by atoms with Crippen LogP contribution < -0.4 is 24.0 Å². The second-order valence-electron chi connectivity index (χ2n) is 3.20. The Morgan fingerprint density at radius 1 is 1.00 bits per heavy atom. The Morgan fingerprint density at radius 2 is 1.58 bits per heavy atom. The van der Waals surface area contributed by atoms with Gasteiger partial charge in [-0.05, 0) is 17.7 Å². The average Bonchev–Trinajstić information content (AvgIpc) is 2.41. The number of nitrogens with zero attached hydrogens (tertiary/aromatic N) is 1. The molecule has 0 atom stereocenters. The first-order valence-electron chi connectivity index (χ1n) is 5.01. The fourth-order valence-electron chi connectivity index (χ4n) is 1.06. The van der Waals surface area contributed by atoms with Gasteiger partial charge < -0.3 is 15.0 Å². The van der Waals surface area contributed by atoms with Crippen molar-refractivity contribution in [1.82, 2.24) is 4.98 Å². The molecular formula is C13H10LiNO4. The van der Waals surface area contributed by atoms with E-state index in [9.17, 15) is 14.7 Å². The van der Waals surface area contributed by atoms with Gasteiger partial charge in [-0.3, -0.25) is 4.98 Å². The summed E-state index contributed by atoms with van der Waals surface area (Å²) >= 11 is 0. The molecule has 2 aromatic rings. The van der Waals surface area contributed by atoms with Gasteiger partial charge in [0.1, 0.15) is 0 Å². The smallest absolute Gasteiger partial charge is 0.545 e. The van der Waals surface area contributed by atoms with Gasteiger partial charge in [0.25, 0.3) is 0 Å². The molecule has 92 valence electrons. The number of pyridine rings is 1. The van der Waals surface area contributed by atoms with Crippen LogP contribution in [-0.2, 0) is 0 Å². The Bertz CT molecular complexity index is 467. The van der Waals surface area contributed by atoms with Gasteiger partial charge in [0, 0.05) is 12.4 Å². The minimum Gasteiger partial charge on any atom is -0.545 e. The molecule has 2 rings (SSSR count). The molecule has 6 heteroatoms. The van der Waals surface area contributed by atoms with Gasteiger partial charge in [-0.25, -0.2) is 4.79 Å². The van der Waals surface area contributed by atoms with Crippen LogP contribution >= 0.6 is 0 Å². The Kier molecular flexibility index (Phi) is 7.94. The topological polar surface area (TPSA) is 90.3 Å². The van der Waals surface area contributed by atoms with Crippen molar-refractivity contribution in [2.45, 2.75) is 0 Å². The van der Waals surface area contributed by atoms with E-state index in [1.54, 1.807) is 24.3 Å². The second-order valence-corrected chi connectivity index (χ2v) is 3.20. The number of benzene rings is 1. The van der Waals surface area contributed by atoms with E-state index in [1.165, 1.54) is 30.6 Å². The van der Waals surface area contributed by atoms with Gasteiger partial charge in [-0.15, -0.1) is 0 Å². The van der Waals surface area contributed by atoms with E-state index in [0.29, 0.717) is 0 Å². The van der Waals surface area contributed by atoms with Crippen LogP contribution in [0.4, 0.5) is 0 Å². The standard InChI is InChI=1S/C7H6O2.C6H5NO2.Li/c8-7(9)6-4-2-1-3-5-6;8-6(9)5-2-1-3-7-4-5;/h1-5H,(H,8,9);1-4H,(H,8,9);/q;;+1/p-1. The largest absolute Gasteiger partial charge is 1.00 e. The van der Waals surface area contributed by atoms with E-state index in [-0.39, 0.29) is 30.0 Å². The van der Waals surface area contributed by atoms with Gasteiger partial charge in [0.15, 0.2) is 0 Å². The zero-order valence-corrected chi connectivity index (χ0v) is 10.3. The van der Waals surface area contributed by atoms with E-state index in [2.05, 4.69) is 4.98 Å². The van der Waals surface area contributed by atoms with Gasteiger partial charge in [-0.1, -0.05) is 30.3 Å². The molecular weight excluding hydrogens is 241 g/mol. The molecule has 0 aliphatic heterocycles. The van der Waals surface area contributed by atoms with Crippen molar-refractivity contribution in [3.05, 3.63) is 66.0 Å². The van der Waals surface area contributed by atoms with Crippen molar-refractivity contribution >= 4 is 11.9 Å². The summed E-state index contributed by atoms with van der Waals surface area (Å²) in [6, 6.07) is 11.1. The first-order chi connectivity index (χ1) is 8.61. The first kappa shape index (κ1) is 16.9. The number of hydrogen-bond acceptors (Lipinski definition) is 4. The summed E-state index contributed by atoms with van der Waals surface area (Å²) in [6.45, 7) is 0. The third kappa shape index (κ3) is 6.41. The number of carboxylic acid groups (broad SMARTS) is 2. The van der Waals surface area contributed by atoms with Crippen LogP contribution in [0.15, 0.2) is 54.9 Å². The van der Waals surface area contributed by atoms with Gasteiger partial charge in [-0.2, -0.15) is 0 Å². The number of carbonyl (C=O) groups is 2. The predicted molar refractivity (Wildman–Crippen MR) is 62.0 cm³/mol. The summed E-state index contributed by atoms with van der Waals surface area (Å²) in [5.41, 5.74) is 0.440. The molecule has 1 N–H and O–H groups in total. The molecule has 0 fully saturated rings. The summed E-state index contributed by atoms with van der Waals surface area (Å²) in [7, 11) is 0. The van der Waals surface area contributed by atoms with E-state index in [0.717, 1.165) is 0 Å². The molecule has 0 spiro atoms. The first-order valence-corrected chi connectivity index (χ1v) is 5.01. The number of rotatable bonds is 2. The van der Waals surface area contributed by atoms with Crippen molar-refractivity contribution in [2.24, 2.45) is 0 Å². The van der Waals surface area contributed by atoms with Crippen LogP contribution in [0.25, 0.3) is 0 Å². The third-order valence-electron chi connectivity index (χ3n) is 1.92. The van der Waals surface area contributed by atoms with Crippen LogP contribution in [0.5, 0.6) is 0 Å². The Hall–Kier alpha value is -2.09. The van der Waals surface area contributed by atoms with Gasteiger partial charge >= 0.3 is 24.8 Å². The van der Waals surface area contributed by atoms with Crippen LogP contribution in [0.2, 0.25) is 0 Å². The second kappa shape index (κ2) is 8.92. The Morgan fingerprint density at radius 3 is 1.89 bits per heavy atom. The summed E-state index contributed by atoms with van der Waals surface area (Å²) in [5, 5.41) is 18.4. The SMILES string of the molecule is O=C(O)c1cccnc1.O=C([O-])c1ccccc1.[Li+]. The fourth-order valence-corrected chi connectivity index (χ4v) is 1.06. The van der Waals surface area contributed by atoms with E-state index in [4.69, 9.17) is 5.11 Å². The van der Waals surface area contributed by atoms with Gasteiger partial charge in [0.05, 0.1) is 11.5 Å². The predicted octanol–water partition coefficient (Wildman–Crippen LogP) is -2.17. The van der Waals surface area contributed by atoms with Crippen LogP contribution in [0.3, 0.4) is 0 Å². The van der Waals surface area contributed by atoms with Crippen LogP contribution in [0, 0.1) is 0 Å². The third-order valence-corrected chi connectivity index (χ3v) is 1.92. The zero-order valence-electron chi connectivity index (χ0n) is 10.3. The van der Waals surface area contributed by atoms with Crippen molar-refractivity contribution in [2.75, 3.05) is 0 Å². The molecule has 5 nitrogen and oxygen atoms in total. The molecule has 0 radical (unpaired) electrons. The monoisotopic (exact) mass is 251 g/mol. The summed E-state index contributed by atoms with van der Waals surface area (Å²) in [5.74, 6) is -2.07. The van der Waals surface area contributed by atoms with Crippen molar-refractivity contribution in [3.8, 4) is 0 Å². The van der Waals surface area contributed by atoms with Crippen molar-refractivity contribution in [3.63, 3.8) is 0 Å². The molecule has 1 aromatic heterocycles. The molecule has 0 aliphatic carbocycles. The van der Waals surface area contributed by atoms with Crippen molar-refractivity contribution < 1.29 is 38.7 Å². The van der Waals surface area contributed by atoms with Crippen LogP contribution in [-0.4, -0.2) is 22.0 Å². The maximum atomic E-state index is 10.2. The Labute approximate surface area is 122 Å². The van der Waals surface area contributed by atoms with E-state index >= 15 is 0 Å². The number of aromatic carboxylic acids is 2. The van der Waals surface area contributed by atoms with Crippen molar-refractivity contribution in [1.29, 1.82) is 0 Å². The minimum absolute atomic E-state index is 0.